The van der Waals surface area contributed by atoms with E-state index in [0.717, 1.165) is 0 Å². The molecule has 0 aromatic heterocycles. The molecule has 1 N–H and O–H groups in total. The predicted octanol–water partition coefficient (Wildman–Crippen LogP) is 5.11. The third-order valence-corrected chi connectivity index (χ3v) is 7.88. The number of anilines is 2. The number of carbonyl (C=O) groups excluding carboxylic acids is 2. The lowest BCUT2D eigenvalue weighted by Gasteiger charge is -2.42. The first kappa shape index (κ1) is 25.5. The molecule has 1 aliphatic carbocycles. The number of nitrogens with zero attached hydrogens (tertiary/aromatic N) is 1. The van der Waals surface area contributed by atoms with Gasteiger partial charge in [-0.05, 0) is 54.1 Å². The summed E-state index contributed by atoms with van der Waals surface area (Å²) in [6, 6.07) is 20.6. The molecule has 0 aliphatic heterocycles. The zero-order valence-electron chi connectivity index (χ0n) is 19.7. The van der Waals surface area contributed by atoms with Crippen molar-refractivity contribution in [2.75, 3.05) is 16.0 Å². The molecule has 0 unspecified atom stereocenters. The lowest BCUT2D eigenvalue weighted by atomic mass is 9.86. The summed E-state index contributed by atoms with van der Waals surface area (Å²) in [5, 5.41) is 2.75. The third-order valence-electron chi connectivity index (χ3n) is 6.13. The normalized spacial score (nSPS) is 15.1. The molecular formula is C27H26F2N2O4S. The largest absolute Gasteiger partial charge is 0.326 e. The van der Waals surface area contributed by atoms with Crippen molar-refractivity contribution >= 4 is 33.0 Å². The molecule has 2 amide bonds. The number of sulfone groups is 1. The molecule has 0 radical (unpaired) electrons. The van der Waals surface area contributed by atoms with Gasteiger partial charge in [-0.2, -0.15) is 0 Å². The molecule has 1 saturated carbocycles. The molecule has 0 saturated heterocycles. The number of benzene rings is 3. The van der Waals surface area contributed by atoms with Gasteiger partial charge in [0, 0.05) is 35.8 Å². The summed E-state index contributed by atoms with van der Waals surface area (Å²) in [7, 11) is -3.31. The number of hydrogen-bond acceptors (Lipinski definition) is 4. The maximum Gasteiger partial charge on any atom is 0.258 e. The summed E-state index contributed by atoms with van der Waals surface area (Å²) in [4.78, 5) is 27.3. The molecule has 6 nitrogen and oxygen atoms in total. The van der Waals surface area contributed by atoms with Crippen LogP contribution in [-0.2, 0) is 21.1 Å². The van der Waals surface area contributed by atoms with Crippen LogP contribution >= 0.6 is 0 Å². The van der Waals surface area contributed by atoms with Crippen LogP contribution in [0, 0.1) is 0 Å². The molecule has 3 aromatic carbocycles. The van der Waals surface area contributed by atoms with Crippen molar-refractivity contribution in [3.63, 3.8) is 0 Å². The standard InChI is InChI=1S/C27H26F2N2O4S/c1-2-36(34,35)24-14-8-19(9-15-24)16-25(32)30-21-12-10-20(11-13-21)26(33)31(22-6-4-3-5-7-22)23-17-27(28,29)18-23/h3-15,23H,2,16-18H2,1H3,(H,30,32). The van der Waals surface area contributed by atoms with Crippen molar-refractivity contribution in [2.24, 2.45) is 0 Å². The lowest BCUT2D eigenvalue weighted by Crippen LogP contribution is -2.53. The Balaban J connectivity index is 1.42. The maximum atomic E-state index is 13.5. The van der Waals surface area contributed by atoms with Gasteiger partial charge < -0.3 is 10.2 Å². The number of alkyl halides is 2. The molecule has 0 atom stereocenters. The van der Waals surface area contributed by atoms with Crippen LogP contribution in [0.3, 0.4) is 0 Å². The molecular weight excluding hydrogens is 486 g/mol. The Bertz CT molecular complexity index is 1330. The van der Waals surface area contributed by atoms with Crippen molar-refractivity contribution in [3.05, 3.63) is 90.0 Å². The van der Waals surface area contributed by atoms with E-state index in [1.54, 1.807) is 73.7 Å². The second-order valence-electron chi connectivity index (χ2n) is 8.78. The summed E-state index contributed by atoms with van der Waals surface area (Å²) in [6.07, 6.45) is -0.717. The van der Waals surface area contributed by atoms with E-state index < -0.39 is 21.8 Å². The summed E-state index contributed by atoms with van der Waals surface area (Å²) < 4.78 is 50.9. The predicted molar refractivity (Wildman–Crippen MR) is 134 cm³/mol. The van der Waals surface area contributed by atoms with E-state index in [2.05, 4.69) is 5.32 Å². The first-order valence-electron chi connectivity index (χ1n) is 11.6. The van der Waals surface area contributed by atoms with Gasteiger partial charge in [-0.1, -0.05) is 37.3 Å². The fourth-order valence-electron chi connectivity index (χ4n) is 4.10. The summed E-state index contributed by atoms with van der Waals surface area (Å²) in [5.74, 6) is -3.46. The third kappa shape index (κ3) is 5.79. The first-order valence-corrected chi connectivity index (χ1v) is 13.2. The molecule has 1 aliphatic rings. The molecule has 0 heterocycles. The second-order valence-corrected chi connectivity index (χ2v) is 11.1. The van der Waals surface area contributed by atoms with Gasteiger partial charge in [-0.3, -0.25) is 9.59 Å². The fraction of sp³-hybridized carbons (Fsp3) is 0.259. The van der Waals surface area contributed by atoms with Crippen molar-refractivity contribution in [3.8, 4) is 0 Å². The van der Waals surface area contributed by atoms with Gasteiger partial charge in [-0.25, -0.2) is 17.2 Å². The van der Waals surface area contributed by atoms with Crippen LogP contribution in [0.15, 0.2) is 83.8 Å². The average molecular weight is 513 g/mol. The van der Waals surface area contributed by atoms with Crippen molar-refractivity contribution in [1.82, 2.24) is 0 Å². The Morgan fingerprint density at radius 3 is 2.11 bits per heavy atom. The molecule has 0 bridgehead atoms. The zero-order valence-corrected chi connectivity index (χ0v) is 20.5. The summed E-state index contributed by atoms with van der Waals surface area (Å²) in [6.45, 7) is 1.57. The Hall–Kier alpha value is -3.59. The van der Waals surface area contributed by atoms with Crippen molar-refractivity contribution in [1.29, 1.82) is 0 Å². The van der Waals surface area contributed by atoms with Crippen LogP contribution in [0.2, 0.25) is 0 Å². The number of carbonyl (C=O) groups is 2. The quantitative estimate of drug-likeness (QED) is 0.455. The van der Waals surface area contributed by atoms with E-state index in [0.29, 0.717) is 22.5 Å². The highest BCUT2D eigenvalue weighted by Gasteiger charge is 2.49. The highest BCUT2D eigenvalue weighted by molar-refractivity contribution is 7.91. The molecule has 9 heteroatoms. The first-order chi connectivity index (χ1) is 17.1. The van der Waals surface area contributed by atoms with E-state index in [1.807, 2.05) is 0 Å². The van der Waals surface area contributed by atoms with E-state index in [-0.39, 0.29) is 41.7 Å². The highest BCUT2D eigenvalue weighted by atomic mass is 32.2. The Morgan fingerprint density at radius 2 is 1.56 bits per heavy atom. The number of rotatable bonds is 8. The van der Waals surface area contributed by atoms with Crippen LogP contribution in [0.4, 0.5) is 20.2 Å². The topological polar surface area (TPSA) is 83.5 Å². The van der Waals surface area contributed by atoms with Crippen LogP contribution in [-0.4, -0.2) is 37.9 Å². The fourth-order valence-corrected chi connectivity index (χ4v) is 4.99. The minimum Gasteiger partial charge on any atom is -0.326 e. The maximum absolute atomic E-state index is 13.5. The SMILES string of the molecule is CCS(=O)(=O)c1ccc(CC(=O)Nc2ccc(C(=O)N(c3ccccc3)C3CC(F)(F)C3)cc2)cc1. The highest BCUT2D eigenvalue weighted by Crippen LogP contribution is 2.42. The van der Waals surface area contributed by atoms with E-state index in [9.17, 15) is 26.8 Å². The van der Waals surface area contributed by atoms with E-state index in [1.165, 1.54) is 17.0 Å². The van der Waals surface area contributed by atoms with Gasteiger partial charge in [0.15, 0.2) is 9.84 Å². The van der Waals surface area contributed by atoms with Crippen LogP contribution in [0.1, 0.15) is 35.7 Å². The number of para-hydroxylation sites is 1. The second kappa shape index (κ2) is 10.2. The Labute approximate surface area is 208 Å². The average Bonchev–Trinajstić information content (AvgIpc) is 2.84. The number of nitrogens with one attached hydrogen (secondary N) is 1. The zero-order chi connectivity index (χ0) is 25.9. The molecule has 3 aromatic rings. The summed E-state index contributed by atoms with van der Waals surface area (Å²) in [5.41, 5.74) is 2.01. The van der Waals surface area contributed by atoms with Gasteiger partial charge in [-0.15, -0.1) is 0 Å². The smallest absolute Gasteiger partial charge is 0.258 e. The molecule has 0 spiro atoms. The number of amides is 2. The summed E-state index contributed by atoms with van der Waals surface area (Å²) >= 11 is 0. The van der Waals surface area contributed by atoms with Gasteiger partial charge in [0.05, 0.1) is 17.1 Å². The Kier molecular flexibility index (Phi) is 7.21. The molecule has 188 valence electrons. The molecule has 4 rings (SSSR count). The van der Waals surface area contributed by atoms with E-state index in [4.69, 9.17) is 0 Å². The van der Waals surface area contributed by atoms with Gasteiger partial charge in [0.25, 0.3) is 11.8 Å². The minimum absolute atomic E-state index is 0.00156. The molecule has 36 heavy (non-hydrogen) atoms. The minimum atomic E-state index is -3.31. The van der Waals surface area contributed by atoms with Crippen molar-refractivity contribution < 1.29 is 26.8 Å². The number of halogens is 2. The van der Waals surface area contributed by atoms with Crippen LogP contribution < -0.4 is 10.2 Å². The van der Waals surface area contributed by atoms with E-state index >= 15 is 0 Å². The van der Waals surface area contributed by atoms with Gasteiger partial charge in [0.1, 0.15) is 0 Å². The monoisotopic (exact) mass is 512 g/mol. The van der Waals surface area contributed by atoms with Crippen molar-refractivity contribution in [2.45, 2.75) is 43.0 Å². The number of hydrogen-bond donors (Lipinski definition) is 1. The lowest BCUT2D eigenvalue weighted by molar-refractivity contribution is -0.115. The van der Waals surface area contributed by atoms with Crippen LogP contribution in [0.25, 0.3) is 0 Å². The van der Waals surface area contributed by atoms with Gasteiger partial charge >= 0.3 is 0 Å². The Morgan fingerprint density at radius 1 is 0.944 bits per heavy atom. The molecule has 1 fully saturated rings. The van der Waals surface area contributed by atoms with Crippen LogP contribution in [0.5, 0.6) is 0 Å². The van der Waals surface area contributed by atoms with Gasteiger partial charge in [0.2, 0.25) is 5.91 Å².